The maximum atomic E-state index is 13.4. The topological polar surface area (TPSA) is 107 Å². The van der Waals surface area contributed by atoms with Crippen LogP contribution < -0.4 is 4.74 Å². The van der Waals surface area contributed by atoms with Gasteiger partial charge in [0, 0.05) is 37.5 Å². The zero-order chi connectivity index (χ0) is 23.3. The molecule has 1 heterocycles. The third kappa shape index (κ3) is 5.98. The highest BCUT2D eigenvalue weighted by Crippen LogP contribution is 2.34. The van der Waals surface area contributed by atoms with Gasteiger partial charge in [-0.25, -0.2) is 8.42 Å². The lowest BCUT2D eigenvalue weighted by Gasteiger charge is -2.37. The Balaban J connectivity index is 2.58. The first-order chi connectivity index (χ1) is 14.5. The standard InChI is InChI=1S/C22H32N2O6S/c1-6-22(27)23(5)13-20-15(2)12-24(16(3)14-25)31(28,29)21-10-9-18(8-7-17(4)26)11-19(21)30-20/h9-11,15-17,20,25-26H,6,12-14H2,1-5H3/t15-,16-,17-,20-/m1/s1. The molecule has 9 heteroatoms. The van der Waals surface area contributed by atoms with Gasteiger partial charge in [-0.15, -0.1) is 0 Å². The molecule has 1 aliphatic rings. The predicted molar refractivity (Wildman–Crippen MR) is 117 cm³/mol. The van der Waals surface area contributed by atoms with Crippen molar-refractivity contribution in [1.82, 2.24) is 9.21 Å². The first kappa shape index (κ1) is 25.1. The van der Waals surface area contributed by atoms with Crippen LogP contribution in [0.25, 0.3) is 0 Å². The van der Waals surface area contributed by atoms with Gasteiger partial charge in [-0.05, 0) is 32.0 Å². The number of nitrogens with zero attached hydrogens (tertiary/aromatic N) is 2. The summed E-state index contributed by atoms with van der Waals surface area (Å²) in [5.41, 5.74) is 0.501. The number of amides is 1. The van der Waals surface area contributed by atoms with Crippen LogP contribution in [0.3, 0.4) is 0 Å². The maximum absolute atomic E-state index is 13.4. The van der Waals surface area contributed by atoms with Crippen LogP contribution in [0, 0.1) is 17.8 Å². The molecule has 0 saturated heterocycles. The second-order valence-corrected chi connectivity index (χ2v) is 9.83. The molecule has 0 fully saturated rings. The van der Waals surface area contributed by atoms with Gasteiger partial charge < -0.3 is 19.8 Å². The fraction of sp³-hybridized carbons (Fsp3) is 0.591. The average molecular weight is 453 g/mol. The molecule has 31 heavy (non-hydrogen) atoms. The quantitative estimate of drug-likeness (QED) is 0.647. The van der Waals surface area contributed by atoms with Crippen molar-refractivity contribution in [2.45, 2.75) is 57.3 Å². The van der Waals surface area contributed by atoms with Crippen molar-refractivity contribution in [3.8, 4) is 17.6 Å². The van der Waals surface area contributed by atoms with Crippen LogP contribution in [0.1, 0.15) is 39.7 Å². The lowest BCUT2D eigenvalue weighted by Crippen LogP contribution is -2.50. The van der Waals surface area contributed by atoms with Crippen LogP contribution in [-0.2, 0) is 14.8 Å². The molecule has 0 unspecified atom stereocenters. The second kappa shape index (κ2) is 10.5. The number of sulfonamides is 1. The lowest BCUT2D eigenvalue weighted by atomic mass is 10.0. The second-order valence-electron chi connectivity index (χ2n) is 7.97. The minimum absolute atomic E-state index is 0.0169. The smallest absolute Gasteiger partial charge is 0.247 e. The summed E-state index contributed by atoms with van der Waals surface area (Å²) in [5.74, 6) is 5.28. The summed E-state index contributed by atoms with van der Waals surface area (Å²) in [4.78, 5) is 13.7. The highest BCUT2D eigenvalue weighted by molar-refractivity contribution is 7.89. The van der Waals surface area contributed by atoms with Gasteiger partial charge in [0.1, 0.15) is 22.9 Å². The molecule has 0 aliphatic carbocycles. The molecule has 1 amide bonds. The van der Waals surface area contributed by atoms with Crippen molar-refractivity contribution in [3.63, 3.8) is 0 Å². The lowest BCUT2D eigenvalue weighted by molar-refractivity contribution is -0.131. The zero-order valence-electron chi connectivity index (χ0n) is 18.7. The zero-order valence-corrected chi connectivity index (χ0v) is 19.5. The summed E-state index contributed by atoms with van der Waals surface area (Å²) in [5, 5.41) is 19.1. The maximum Gasteiger partial charge on any atom is 0.247 e. The van der Waals surface area contributed by atoms with Crippen molar-refractivity contribution < 1.29 is 28.2 Å². The van der Waals surface area contributed by atoms with Crippen molar-refractivity contribution >= 4 is 15.9 Å². The van der Waals surface area contributed by atoms with E-state index in [2.05, 4.69) is 11.8 Å². The Hall–Kier alpha value is -2.12. The van der Waals surface area contributed by atoms with Crippen LogP contribution >= 0.6 is 0 Å². The molecular formula is C22H32N2O6S. The summed E-state index contributed by atoms with van der Waals surface area (Å²) < 4.78 is 34.2. The van der Waals surface area contributed by atoms with Crippen molar-refractivity contribution in [2.24, 2.45) is 5.92 Å². The Morgan fingerprint density at radius 2 is 2.06 bits per heavy atom. The summed E-state index contributed by atoms with van der Waals surface area (Å²) in [6.45, 7) is 6.94. The summed E-state index contributed by atoms with van der Waals surface area (Å²) in [6, 6.07) is 3.91. The third-order valence-electron chi connectivity index (χ3n) is 5.27. The molecule has 172 valence electrons. The normalized spacial score (nSPS) is 22.5. The monoisotopic (exact) mass is 452 g/mol. The molecule has 0 spiro atoms. The molecule has 0 aromatic heterocycles. The highest BCUT2D eigenvalue weighted by atomic mass is 32.2. The Kier molecular flexibility index (Phi) is 8.49. The van der Waals surface area contributed by atoms with E-state index in [1.165, 1.54) is 23.4 Å². The van der Waals surface area contributed by atoms with E-state index in [0.29, 0.717) is 12.0 Å². The molecule has 1 aliphatic heterocycles. The van der Waals surface area contributed by atoms with Gasteiger partial charge in [-0.2, -0.15) is 4.31 Å². The molecule has 2 N–H and O–H groups in total. The number of carbonyl (C=O) groups excluding carboxylic acids is 1. The SMILES string of the molecule is CCC(=O)N(C)C[C@H]1Oc2cc(C#C[C@@H](C)O)ccc2S(=O)(=O)N([C@H](C)CO)C[C@H]1C. The number of aliphatic hydroxyl groups is 2. The predicted octanol–water partition coefficient (Wildman–Crippen LogP) is 1.06. The minimum atomic E-state index is -3.94. The molecule has 4 atom stereocenters. The van der Waals surface area contributed by atoms with Crippen LogP contribution in [0.4, 0.5) is 0 Å². The number of ether oxygens (including phenoxy) is 1. The van der Waals surface area contributed by atoms with Crippen molar-refractivity contribution in [1.29, 1.82) is 0 Å². The molecule has 2 rings (SSSR count). The Morgan fingerprint density at radius 3 is 2.65 bits per heavy atom. The largest absolute Gasteiger partial charge is 0.487 e. The van der Waals surface area contributed by atoms with Crippen LogP contribution in [0.15, 0.2) is 23.1 Å². The molecule has 0 saturated carbocycles. The summed E-state index contributed by atoms with van der Waals surface area (Å²) in [7, 11) is -2.25. The number of benzene rings is 1. The van der Waals surface area contributed by atoms with Gasteiger partial charge in [0.05, 0.1) is 13.2 Å². The number of likely N-dealkylation sites (N-methyl/N-ethyl adjacent to an activating group) is 1. The van der Waals surface area contributed by atoms with Crippen molar-refractivity contribution in [2.75, 3.05) is 26.7 Å². The third-order valence-corrected chi connectivity index (χ3v) is 7.29. The van der Waals surface area contributed by atoms with E-state index >= 15 is 0 Å². The fourth-order valence-corrected chi connectivity index (χ4v) is 5.18. The van der Waals surface area contributed by atoms with E-state index < -0.39 is 28.3 Å². The van der Waals surface area contributed by atoms with E-state index in [4.69, 9.17) is 4.74 Å². The minimum Gasteiger partial charge on any atom is -0.487 e. The van der Waals surface area contributed by atoms with Gasteiger partial charge in [-0.3, -0.25) is 4.79 Å². The average Bonchev–Trinajstić information content (AvgIpc) is 2.73. The fourth-order valence-electron chi connectivity index (χ4n) is 3.35. The number of hydrogen-bond donors (Lipinski definition) is 2. The van der Waals surface area contributed by atoms with Crippen LogP contribution in [-0.4, -0.2) is 78.7 Å². The molecule has 8 nitrogen and oxygen atoms in total. The van der Waals surface area contributed by atoms with Gasteiger partial charge >= 0.3 is 0 Å². The van der Waals surface area contributed by atoms with Gasteiger partial charge in [0.25, 0.3) is 0 Å². The Morgan fingerprint density at radius 1 is 1.39 bits per heavy atom. The first-order valence-electron chi connectivity index (χ1n) is 10.4. The van der Waals surface area contributed by atoms with Gasteiger partial charge in [0.2, 0.25) is 15.9 Å². The van der Waals surface area contributed by atoms with E-state index in [0.717, 1.165) is 0 Å². The first-order valence-corrected chi connectivity index (χ1v) is 11.8. The molecule has 1 aromatic rings. The van der Waals surface area contributed by atoms with E-state index in [1.54, 1.807) is 31.9 Å². The van der Waals surface area contributed by atoms with E-state index in [1.807, 2.05) is 6.92 Å². The molecule has 0 bridgehead atoms. The number of fused-ring (bicyclic) bond motifs is 1. The van der Waals surface area contributed by atoms with E-state index in [9.17, 15) is 23.4 Å². The number of carbonyl (C=O) groups is 1. The van der Waals surface area contributed by atoms with Crippen LogP contribution in [0.5, 0.6) is 5.75 Å². The van der Waals surface area contributed by atoms with Gasteiger partial charge in [-0.1, -0.05) is 25.7 Å². The van der Waals surface area contributed by atoms with Crippen LogP contribution in [0.2, 0.25) is 0 Å². The highest BCUT2D eigenvalue weighted by Gasteiger charge is 2.38. The summed E-state index contributed by atoms with van der Waals surface area (Å²) >= 11 is 0. The number of aliphatic hydroxyl groups excluding tert-OH is 2. The molecule has 1 aromatic carbocycles. The van der Waals surface area contributed by atoms with Crippen molar-refractivity contribution in [3.05, 3.63) is 23.8 Å². The number of hydrogen-bond acceptors (Lipinski definition) is 6. The Bertz CT molecular complexity index is 950. The molecular weight excluding hydrogens is 420 g/mol. The number of rotatable bonds is 5. The van der Waals surface area contributed by atoms with Gasteiger partial charge in [0.15, 0.2) is 0 Å². The Labute approximate surface area is 184 Å². The summed E-state index contributed by atoms with van der Waals surface area (Å²) in [6.07, 6.45) is -0.938. The molecule has 0 radical (unpaired) electrons. The van der Waals surface area contributed by atoms with E-state index in [-0.39, 0.29) is 42.2 Å².